The molecule has 0 spiro atoms. The lowest BCUT2D eigenvalue weighted by Crippen LogP contribution is -2.26. The van der Waals surface area contributed by atoms with Crippen molar-refractivity contribution in [2.75, 3.05) is 0 Å². The smallest absolute Gasteiger partial charge is 0.00106 e. The van der Waals surface area contributed by atoms with E-state index < -0.39 is 7.92 Å². The molecule has 0 aliphatic carbocycles. The molecule has 3 aromatic carbocycles. The van der Waals surface area contributed by atoms with Gasteiger partial charge in [-0.2, -0.15) is 0 Å². The Morgan fingerprint density at radius 3 is 1.44 bits per heavy atom. The molecule has 0 aromatic heterocycles. The van der Waals surface area contributed by atoms with Crippen molar-refractivity contribution in [2.45, 2.75) is 104 Å². The predicted molar refractivity (Wildman–Crippen MR) is 168 cm³/mol. The molecule has 0 atom stereocenters. The zero-order chi connectivity index (χ0) is 26.9. The van der Waals surface area contributed by atoms with E-state index in [0.29, 0.717) is 10.3 Å². The minimum Gasteiger partial charge on any atom is -0.0911 e. The number of hydrogen-bond acceptors (Lipinski definition) is 0. The molecule has 36 heavy (non-hydrogen) atoms. The zero-order valence-electron chi connectivity index (χ0n) is 24.7. The van der Waals surface area contributed by atoms with E-state index in [9.17, 15) is 0 Å². The molecule has 0 saturated heterocycles. The van der Waals surface area contributed by atoms with Gasteiger partial charge in [0.15, 0.2) is 0 Å². The predicted octanol–water partition coefficient (Wildman–Crippen LogP) is 9.81. The van der Waals surface area contributed by atoms with E-state index in [1.165, 1.54) is 33.5 Å². The van der Waals surface area contributed by atoms with Gasteiger partial charge in [-0.15, -0.1) is 0 Å². The monoisotopic (exact) mass is 518 g/mol. The Morgan fingerprint density at radius 2 is 1.03 bits per heavy atom. The highest BCUT2D eigenvalue weighted by molar-refractivity contribution is 7.72. The Hall–Kier alpha value is -1.48. The number of hydrogen-bond donors (Lipinski definition) is 0. The van der Waals surface area contributed by atoms with Crippen molar-refractivity contribution in [1.82, 2.24) is 0 Å². The van der Waals surface area contributed by atoms with Gasteiger partial charge in [0.25, 0.3) is 0 Å². The van der Waals surface area contributed by atoms with E-state index in [-0.39, 0.29) is 13.3 Å². The van der Waals surface area contributed by atoms with Gasteiger partial charge in [-0.05, 0) is 82.1 Å². The molecule has 0 saturated carbocycles. The molecular weight excluding hydrogens is 470 g/mol. The van der Waals surface area contributed by atoms with Gasteiger partial charge in [0.2, 0.25) is 0 Å². The maximum Gasteiger partial charge on any atom is 0.00106 e. The Balaban J connectivity index is 2.19. The van der Waals surface area contributed by atoms with Crippen molar-refractivity contribution >= 4 is 26.5 Å². The Morgan fingerprint density at radius 1 is 0.556 bits per heavy atom. The fraction of sp³-hybridized carbons (Fsp3) is 0.471. The highest BCUT2D eigenvalue weighted by atomic mass is 31.1. The molecule has 194 valence electrons. The van der Waals surface area contributed by atoms with E-state index in [2.05, 4.69) is 143 Å². The lowest BCUT2D eigenvalue weighted by atomic mass is 9.85. The van der Waals surface area contributed by atoms with Gasteiger partial charge in [0, 0.05) is 6.16 Å². The van der Waals surface area contributed by atoms with E-state index in [1.807, 2.05) is 0 Å². The van der Waals surface area contributed by atoms with Gasteiger partial charge in [-0.1, -0.05) is 137 Å². The molecule has 0 heterocycles. The molecule has 3 rings (SSSR count). The molecule has 0 fully saturated rings. The van der Waals surface area contributed by atoms with Crippen LogP contribution >= 0.6 is 15.8 Å². The first-order chi connectivity index (χ1) is 16.6. The summed E-state index contributed by atoms with van der Waals surface area (Å²) in [6, 6.07) is 25.6. The van der Waals surface area contributed by atoms with Crippen LogP contribution in [0.4, 0.5) is 0 Å². The SMILES string of the molecule is Cc1ccccc1P(Cc1cc(C(C)(C)C)ccc1CP(C(C)(C)C)C(C)(C)C)c1ccccc1C. The molecule has 2 heteroatoms. The summed E-state index contributed by atoms with van der Waals surface area (Å²) in [6.45, 7) is 26.3. The third-order valence-corrected chi connectivity index (χ3v) is 13.9. The van der Waals surface area contributed by atoms with Crippen molar-refractivity contribution in [1.29, 1.82) is 0 Å². The summed E-state index contributed by atoms with van der Waals surface area (Å²) in [7, 11) is -0.719. The first-order valence-electron chi connectivity index (χ1n) is 13.4. The van der Waals surface area contributed by atoms with Crippen molar-refractivity contribution in [3.63, 3.8) is 0 Å². The number of rotatable bonds is 6. The van der Waals surface area contributed by atoms with Crippen LogP contribution in [0.1, 0.15) is 90.1 Å². The third kappa shape index (κ3) is 7.09. The van der Waals surface area contributed by atoms with Crippen LogP contribution in [-0.2, 0) is 17.7 Å². The second-order valence-electron chi connectivity index (χ2n) is 13.3. The Labute approximate surface area is 224 Å². The average molecular weight is 519 g/mol. The third-order valence-electron chi connectivity index (χ3n) is 7.16. The van der Waals surface area contributed by atoms with Crippen LogP contribution in [0.15, 0.2) is 66.7 Å². The summed E-state index contributed by atoms with van der Waals surface area (Å²) < 4.78 is 0. The van der Waals surface area contributed by atoms with E-state index in [1.54, 1.807) is 11.1 Å². The molecule has 0 aliphatic heterocycles. The summed E-state index contributed by atoms with van der Waals surface area (Å²) in [4.78, 5) is 0. The summed E-state index contributed by atoms with van der Waals surface area (Å²) in [5, 5.41) is 3.65. The van der Waals surface area contributed by atoms with Crippen LogP contribution < -0.4 is 10.6 Å². The van der Waals surface area contributed by atoms with Crippen molar-refractivity contribution in [3.8, 4) is 0 Å². The molecule has 0 N–H and O–H groups in total. The largest absolute Gasteiger partial charge is 0.0911 e. The van der Waals surface area contributed by atoms with Crippen LogP contribution in [0.5, 0.6) is 0 Å². The lowest BCUT2D eigenvalue weighted by Gasteiger charge is -2.42. The van der Waals surface area contributed by atoms with Crippen LogP contribution in [0.3, 0.4) is 0 Å². The quantitative estimate of drug-likeness (QED) is 0.285. The van der Waals surface area contributed by atoms with Gasteiger partial charge >= 0.3 is 0 Å². The lowest BCUT2D eigenvalue weighted by molar-refractivity contribution is 0.589. The van der Waals surface area contributed by atoms with Crippen LogP contribution in [0.2, 0.25) is 0 Å². The molecular formula is C34H48P2. The highest BCUT2D eigenvalue weighted by Crippen LogP contribution is 2.61. The van der Waals surface area contributed by atoms with E-state index in [4.69, 9.17) is 0 Å². The standard InChI is InChI=1S/C34H48P2/c1-25-16-12-14-18-30(25)35(31-19-15-13-17-26(31)2)23-28-22-29(32(3,4)5)21-20-27(28)24-36(33(6,7)8)34(9,10)11/h12-22H,23-24H2,1-11H3. The maximum absolute atomic E-state index is 2.56. The number of aryl methyl sites for hydroxylation is 2. The van der Waals surface area contributed by atoms with Gasteiger partial charge in [0.1, 0.15) is 0 Å². The van der Waals surface area contributed by atoms with Gasteiger partial charge < -0.3 is 0 Å². The summed E-state index contributed by atoms with van der Waals surface area (Å²) >= 11 is 0. The first-order valence-corrected chi connectivity index (χ1v) is 16.4. The normalized spacial score (nSPS) is 13.0. The van der Waals surface area contributed by atoms with Crippen LogP contribution in [-0.4, -0.2) is 10.3 Å². The highest BCUT2D eigenvalue weighted by Gasteiger charge is 2.35. The minimum atomic E-state index is -0.507. The van der Waals surface area contributed by atoms with Crippen LogP contribution in [0.25, 0.3) is 0 Å². The molecule has 0 unspecified atom stereocenters. The summed E-state index contributed by atoms with van der Waals surface area (Å²) in [5.41, 5.74) is 7.52. The molecule has 0 bridgehead atoms. The molecule has 0 amide bonds. The van der Waals surface area contributed by atoms with Crippen molar-refractivity contribution < 1.29 is 0 Å². The Kier molecular flexibility index (Phi) is 8.96. The minimum absolute atomic E-state index is 0.139. The topological polar surface area (TPSA) is 0 Å². The fourth-order valence-corrected chi connectivity index (χ4v) is 11.6. The van der Waals surface area contributed by atoms with Gasteiger partial charge in [-0.25, -0.2) is 0 Å². The Bertz CT molecular complexity index is 1110. The maximum atomic E-state index is 2.56. The van der Waals surface area contributed by atoms with Crippen molar-refractivity contribution in [2.24, 2.45) is 0 Å². The van der Waals surface area contributed by atoms with Gasteiger partial charge in [0.05, 0.1) is 0 Å². The molecule has 0 nitrogen and oxygen atoms in total. The molecule has 3 aromatic rings. The second-order valence-corrected chi connectivity index (χ2v) is 19.3. The second kappa shape index (κ2) is 11.1. The van der Waals surface area contributed by atoms with Gasteiger partial charge in [-0.3, -0.25) is 0 Å². The van der Waals surface area contributed by atoms with E-state index in [0.717, 1.165) is 6.16 Å². The first kappa shape index (κ1) is 29.1. The average Bonchev–Trinajstić information content (AvgIpc) is 2.75. The summed E-state index contributed by atoms with van der Waals surface area (Å²) in [6.07, 6.45) is 2.29. The summed E-state index contributed by atoms with van der Waals surface area (Å²) in [5.74, 6) is 0. The molecule has 0 aliphatic rings. The molecule has 0 radical (unpaired) electrons. The zero-order valence-corrected chi connectivity index (χ0v) is 26.4. The van der Waals surface area contributed by atoms with E-state index >= 15 is 0 Å². The number of benzene rings is 3. The van der Waals surface area contributed by atoms with Crippen molar-refractivity contribution in [3.05, 3.63) is 94.5 Å². The van der Waals surface area contributed by atoms with Crippen LogP contribution in [0, 0.1) is 13.8 Å². The fourth-order valence-electron chi connectivity index (χ4n) is 5.25.